The van der Waals surface area contributed by atoms with E-state index in [4.69, 9.17) is 0 Å². The van der Waals surface area contributed by atoms with E-state index in [9.17, 15) is 0 Å². The Kier molecular flexibility index (Phi) is 2.82. The molecule has 0 spiro atoms. The molecular weight excluding hydrogens is 222 g/mol. The van der Waals surface area contributed by atoms with Gasteiger partial charge < -0.3 is 9.47 Å². The molecule has 0 amide bonds. The molecule has 0 radical (unpaired) electrons. The van der Waals surface area contributed by atoms with Crippen LogP contribution in [-0.4, -0.2) is 16.1 Å². The number of rotatable bonds is 3. The Labute approximate surface area is 108 Å². The minimum Gasteiger partial charge on any atom is -0.363 e. The smallest absolute Gasteiger partial charge is 0.128 e. The van der Waals surface area contributed by atoms with E-state index in [1.807, 2.05) is 6.20 Å². The van der Waals surface area contributed by atoms with Crippen LogP contribution in [0, 0.1) is 0 Å². The summed E-state index contributed by atoms with van der Waals surface area (Å²) in [5.41, 5.74) is 2.84. The summed E-state index contributed by atoms with van der Waals surface area (Å²) in [5.74, 6) is 1.77. The highest BCUT2D eigenvalue weighted by molar-refractivity contribution is 5.59. The average molecular weight is 241 g/mol. The summed E-state index contributed by atoms with van der Waals surface area (Å²) < 4.78 is 2.21. The second kappa shape index (κ2) is 4.48. The Bertz CT molecular complexity index is 544. The summed E-state index contributed by atoms with van der Waals surface area (Å²) >= 11 is 0. The molecule has 3 heteroatoms. The monoisotopic (exact) mass is 241 g/mol. The molecule has 3 nitrogen and oxygen atoms in total. The summed E-state index contributed by atoms with van der Waals surface area (Å²) in [7, 11) is 0. The second-order valence-corrected chi connectivity index (χ2v) is 4.97. The summed E-state index contributed by atoms with van der Waals surface area (Å²) in [5, 5.41) is 0. The van der Waals surface area contributed by atoms with Crippen molar-refractivity contribution in [2.45, 2.75) is 32.9 Å². The fraction of sp³-hybridized carbons (Fsp3) is 0.400. The highest BCUT2D eigenvalue weighted by Crippen LogP contribution is 2.36. The molecule has 1 aliphatic heterocycles. The largest absolute Gasteiger partial charge is 0.363 e. The van der Waals surface area contributed by atoms with Crippen LogP contribution in [0.1, 0.15) is 31.2 Å². The Morgan fingerprint density at radius 2 is 2.17 bits per heavy atom. The van der Waals surface area contributed by atoms with Crippen molar-refractivity contribution in [2.75, 3.05) is 11.4 Å². The van der Waals surface area contributed by atoms with Crippen LogP contribution < -0.4 is 4.90 Å². The number of aryl methyl sites for hydroxylation is 1. The molecule has 18 heavy (non-hydrogen) atoms. The molecule has 0 N–H and O–H groups in total. The van der Waals surface area contributed by atoms with Gasteiger partial charge in [0.1, 0.15) is 5.82 Å². The van der Waals surface area contributed by atoms with E-state index in [2.05, 4.69) is 58.8 Å². The summed E-state index contributed by atoms with van der Waals surface area (Å²) in [6.45, 7) is 7.44. The maximum atomic E-state index is 4.47. The van der Waals surface area contributed by atoms with Gasteiger partial charge in [-0.05, 0) is 18.6 Å². The predicted octanol–water partition coefficient (Wildman–Crippen LogP) is 3.03. The van der Waals surface area contributed by atoms with Crippen molar-refractivity contribution in [3.63, 3.8) is 0 Å². The van der Waals surface area contributed by atoms with E-state index in [0.717, 1.165) is 25.5 Å². The van der Waals surface area contributed by atoms with Crippen LogP contribution in [0.5, 0.6) is 0 Å². The normalized spacial score (nSPS) is 18.1. The number of benzene rings is 1. The molecule has 1 aliphatic rings. The number of nitrogens with zero attached hydrogens (tertiary/aromatic N) is 3. The van der Waals surface area contributed by atoms with E-state index in [1.165, 1.54) is 11.3 Å². The molecule has 1 aromatic heterocycles. The molecule has 0 saturated heterocycles. The topological polar surface area (TPSA) is 21.1 Å². The number of hydrogen-bond acceptors (Lipinski definition) is 2. The van der Waals surface area contributed by atoms with Gasteiger partial charge in [0.25, 0.3) is 0 Å². The lowest BCUT2D eigenvalue weighted by Gasteiger charge is -2.19. The maximum Gasteiger partial charge on any atom is 0.128 e. The number of fused-ring (bicyclic) bond motifs is 1. The van der Waals surface area contributed by atoms with Gasteiger partial charge in [0.15, 0.2) is 0 Å². The van der Waals surface area contributed by atoms with Gasteiger partial charge >= 0.3 is 0 Å². The first kappa shape index (κ1) is 11.3. The molecule has 1 unspecified atom stereocenters. The predicted molar refractivity (Wildman–Crippen MR) is 73.8 cm³/mol. The highest BCUT2D eigenvalue weighted by Gasteiger charge is 2.25. The third-order valence-corrected chi connectivity index (χ3v) is 3.78. The van der Waals surface area contributed by atoms with E-state index in [-0.39, 0.29) is 0 Å². The Morgan fingerprint density at radius 3 is 3.00 bits per heavy atom. The Balaban J connectivity index is 1.87. The van der Waals surface area contributed by atoms with Gasteiger partial charge in [0.05, 0.1) is 6.54 Å². The summed E-state index contributed by atoms with van der Waals surface area (Å²) in [6.07, 6.45) is 3.95. The highest BCUT2D eigenvalue weighted by atomic mass is 15.2. The molecule has 94 valence electrons. The molecular formula is C15H19N3. The minimum atomic E-state index is 0.617. The second-order valence-electron chi connectivity index (χ2n) is 4.97. The van der Waals surface area contributed by atoms with E-state index < -0.39 is 0 Å². The Morgan fingerprint density at radius 1 is 1.33 bits per heavy atom. The number of para-hydroxylation sites is 1. The summed E-state index contributed by atoms with van der Waals surface area (Å²) in [4.78, 5) is 6.91. The number of hydrogen-bond donors (Lipinski definition) is 0. The zero-order valence-electron chi connectivity index (χ0n) is 11.0. The van der Waals surface area contributed by atoms with Crippen molar-refractivity contribution in [1.29, 1.82) is 0 Å². The van der Waals surface area contributed by atoms with E-state index in [1.54, 1.807) is 0 Å². The van der Waals surface area contributed by atoms with Crippen LogP contribution >= 0.6 is 0 Å². The van der Waals surface area contributed by atoms with Gasteiger partial charge in [0.2, 0.25) is 0 Å². The number of anilines is 1. The summed E-state index contributed by atoms with van der Waals surface area (Å²) in [6, 6.07) is 8.71. The standard InChI is InChI=1S/C15H19N3/c1-3-17-9-8-16-15(17)11-18-10-12(2)13-6-4-5-7-14(13)18/h4-9,12H,3,10-11H2,1-2H3. The first-order chi connectivity index (χ1) is 8.79. The molecule has 2 heterocycles. The van der Waals surface area contributed by atoms with Crippen molar-refractivity contribution >= 4 is 5.69 Å². The van der Waals surface area contributed by atoms with Gasteiger partial charge in [-0.15, -0.1) is 0 Å². The lowest BCUT2D eigenvalue weighted by atomic mass is 10.0. The molecule has 3 rings (SSSR count). The van der Waals surface area contributed by atoms with Gasteiger partial charge in [-0.2, -0.15) is 0 Å². The third kappa shape index (κ3) is 1.80. The fourth-order valence-corrected chi connectivity index (χ4v) is 2.82. The SMILES string of the molecule is CCn1ccnc1CN1CC(C)c2ccccc21. The fourth-order valence-electron chi connectivity index (χ4n) is 2.82. The molecule has 1 atom stereocenters. The van der Waals surface area contributed by atoms with Crippen molar-refractivity contribution in [3.8, 4) is 0 Å². The molecule has 1 aromatic carbocycles. The van der Waals surface area contributed by atoms with Crippen molar-refractivity contribution in [3.05, 3.63) is 48.0 Å². The van der Waals surface area contributed by atoms with E-state index >= 15 is 0 Å². The Hall–Kier alpha value is -1.77. The first-order valence-electron chi connectivity index (χ1n) is 6.63. The molecule has 0 saturated carbocycles. The van der Waals surface area contributed by atoms with E-state index in [0.29, 0.717) is 5.92 Å². The lowest BCUT2D eigenvalue weighted by Crippen LogP contribution is -2.23. The van der Waals surface area contributed by atoms with Crippen LogP contribution in [0.3, 0.4) is 0 Å². The zero-order valence-corrected chi connectivity index (χ0v) is 11.0. The number of aromatic nitrogens is 2. The minimum absolute atomic E-state index is 0.617. The van der Waals surface area contributed by atoms with Crippen LogP contribution in [0.4, 0.5) is 5.69 Å². The molecule has 0 fully saturated rings. The van der Waals surface area contributed by atoms with Crippen molar-refractivity contribution in [1.82, 2.24) is 9.55 Å². The molecule has 0 aliphatic carbocycles. The van der Waals surface area contributed by atoms with Gasteiger partial charge in [0, 0.05) is 37.1 Å². The van der Waals surface area contributed by atoms with Crippen LogP contribution in [0.15, 0.2) is 36.7 Å². The van der Waals surface area contributed by atoms with Crippen molar-refractivity contribution < 1.29 is 0 Å². The lowest BCUT2D eigenvalue weighted by molar-refractivity contribution is 0.660. The van der Waals surface area contributed by atoms with Crippen LogP contribution in [0.2, 0.25) is 0 Å². The van der Waals surface area contributed by atoms with Crippen molar-refractivity contribution in [2.24, 2.45) is 0 Å². The maximum absolute atomic E-state index is 4.47. The number of imidazole rings is 1. The van der Waals surface area contributed by atoms with Gasteiger partial charge in [-0.3, -0.25) is 0 Å². The van der Waals surface area contributed by atoms with Crippen LogP contribution in [-0.2, 0) is 13.1 Å². The van der Waals surface area contributed by atoms with Gasteiger partial charge in [-0.25, -0.2) is 4.98 Å². The van der Waals surface area contributed by atoms with Gasteiger partial charge in [-0.1, -0.05) is 25.1 Å². The van der Waals surface area contributed by atoms with Crippen LogP contribution in [0.25, 0.3) is 0 Å². The molecule has 2 aromatic rings. The molecule has 0 bridgehead atoms. The first-order valence-corrected chi connectivity index (χ1v) is 6.63. The zero-order chi connectivity index (χ0) is 12.5. The third-order valence-electron chi connectivity index (χ3n) is 3.78. The quantitative estimate of drug-likeness (QED) is 0.823. The average Bonchev–Trinajstić information content (AvgIpc) is 2.96.